The highest BCUT2D eigenvalue weighted by Crippen LogP contribution is 2.58. The molecule has 2 saturated heterocycles. The third-order valence-electron chi connectivity index (χ3n) is 12.1. The Bertz CT molecular complexity index is 2410. The summed E-state index contributed by atoms with van der Waals surface area (Å²) in [5, 5.41) is 7.35. The highest BCUT2D eigenvalue weighted by molar-refractivity contribution is 7.99. The number of fused-ring (bicyclic) bond motifs is 1. The number of rotatable bonds is 11. The topological polar surface area (TPSA) is 175 Å². The van der Waals surface area contributed by atoms with Crippen LogP contribution in [0.15, 0.2) is 73.1 Å². The summed E-state index contributed by atoms with van der Waals surface area (Å²) in [6.45, 7) is 8.86. The number of imidazole rings is 2. The van der Waals surface area contributed by atoms with Crippen molar-refractivity contribution in [2.24, 2.45) is 17.3 Å². The molecule has 1 aliphatic carbocycles. The molecule has 3 fully saturated rings. The molecule has 15 heteroatoms. The Balaban J connectivity index is 0.951. The number of hydrogen-bond donors (Lipinski definition) is 4. The number of nitrogens with zero attached hydrogens (tertiary/aromatic N) is 4. The molecule has 0 radical (unpaired) electrons. The van der Waals surface area contributed by atoms with Gasteiger partial charge in [0.05, 0.1) is 44.0 Å². The van der Waals surface area contributed by atoms with Crippen LogP contribution in [-0.2, 0) is 19.1 Å². The average Bonchev–Trinajstić information content (AvgIpc) is 3.79. The maximum atomic E-state index is 13.9. The predicted octanol–water partition coefficient (Wildman–Crippen LogP) is 7.68. The lowest BCUT2D eigenvalue weighted by molar-refractivity contribution is -0.136. The molecule has 1 spiro atoms. The van der Waals surface area contributed by atoms with Crippen LogP contribution in [0.4, 0.5) is 9.59 Å². The van der Waals surface area contributed by atoms with Crippen molar-refractivity contribution in [1.82, 2.24) is 40.4 Å². The van der Waals surface area contributed by atoms with E-state index in [1.807, 2.05) is 38.8 Å². The van der Waals surface area contributed by atoms with Gasteiger partial charge in [-0.05, 0) is 76.1 Å². The van der Waals surface area contributed by atoms with Crippen LogP contribution in [-0.4, -0.2) is 98.9 Å². The maximum absolute atomic E-state index is 13.9. The number of carbonyl (C=O) groups is 4. The number of nitrogens with one attached hydrogen (secondary N) is 4. The fourth-order valence-electron chi connectivity index (χ4n) is 8.45. The Morgan fingerprint density at radius 1 is 0.717 bits per heavy atom. The molecule has 2 aromatic heterocycles. The number of benzene rings is 3. The number of hydrogen-bond acceptors (Lipinski definition) is 9. The molecule has 1 saturated carbocycles. The summed E-state index contributed by atoms with van der Waals surface area (Å²) >= 11 is 1.64. The smallest absolute Gasteiger partial charge is 0.407 e. The molecule has 4 unspecified atom stereocenters. The molecule has 2 aliphatic heterocycles. The van der Waals surface area contributed by atoms with Gasteiger partial charge in [0.2, 0.25) is 11.8 Å². The van der Waals surface area contributed by atoms with Crippen LogP contribution in [0.5, 0.6) is 0 Å². The van der Waals surface area contributed by atoms with Crippen LogP contribution in [0.2, 0.25) is 0 Å². The van der Waals surface area contributed by atoms with Crippen LogP contribution in [0.3, 0.4) is 0 Å². The number of amides is 4. The maximum Gasteiger partial charge on any atom is 0.407 e. The van der Waals surface area contributed by atoms with E-state index in [2.05, 4.69) is 86.2 Å². The molecule has 3 aromatic carbocycles. The van der Waals surface area contributed by atoms with Gasteiger partial charge in [-0.15, -0.1) is 11.8 Å². The minimum atomic E-state index is -0.700. The monoisotopic (exact) mass is 832 g/mol. The number of H-pyrrole nitrogens is 2. The van der Waals surface area contributed by atoms with Gasteiger partial charge in [-0.3, -0.25) is 9.59 Å². The summed E-state index contributed by atoms with van der Waals surface area (Å²) in [6.07, 6.45) is 5.42. The largest absolute Gasteiger partial charge is 0.453 e. The fraction of sp³-hybridized carbons (Fsp3) is 0.422. The van der Waals surface area contributed by atoms with Gasteiger partial charge in [-0.2, -0.15) is 0 Å². The van der Waals surface area contributed by atoms with E-state index >= 15 is 0 Å². The number of ether oxygens (including phenoxy) is 2. The van der Waals surface area contributed by atoms with Gasteiger partial charge in [0.1, 0.15) is 29.1 Å². The Kier molecular flexibility index (Phi) is 11.4. The standard InChI is InChI=1S/C45H52N8O6S/c1-25(2)36(50-43(56)58-5)40(54)52-17-18-60-42(52)39-47-22-33(49-39)28-9-7-27(8-10-28)29-11-12-31-20-32(14-13-30(31)19-29)34-23-46-38(48-34)35-21-45(15-16-45)24-53(35)41(55)37(26(3)4)51-44(57)59-6/h7-14,19-20,22-23,25-26,35-37,42H,15-18,21,24H2,1-6H3,(H,46,48)(H,47,49)(H,50,56)(H,51,57). The summed E-state index contributed by atoms with van der Waals surface area (Å²) in [4.78, 5) is 71.7. The van der Waals surface area contributed by atoms with Crippen molar-refractivity contribution in [2.75, 3.05) is 33.1 Å². The zero-order chi connectivity index (χ0) is 42.3. The third kappa shape index (κ3) is 8.19. The highest BCUT2D eigenvalue weighted by Gasteiger charge is 2.55. The average molecular weight is 833 g/mol. The van der Waals surface area contributed by atoms with E-state index in [0.717, 1.165) is 75.3 Å². The quantitative estimate of drug-likeness (QED) is 0.104. The summed E-state index contributed by atoms with van der Waals surface area (Å²) in [7, 11) is 2.59. The number of likely N-dealkylation sites (tertiary alicyclic amines) is 1. The van der Waals surface area contributed by atoms with Crippen LogP contribution in [0, 0.1) is 17.3 Å². The second-order valence-electron chi connectivity index (χ2n) is 16.9. The van der Waals surface area contributed by atoms with Crippen molar-refractivity contribution < 1.29 is 28.7 Å². The molecule has 0 bridgehead atoms. The predicted molar refractivity (Wildman–Crippen MR) is 231 cm³/mol. The molecule has 60 heavy (non-hydrogen) atoms. The Labute approximate surface area is 353 Å². The van der Waals surface area contributed by atoms with Gasteiger partial charge in [-0.25, -0.2) is 19.6 Å². The number of thioether (sulfide) groups is 1. The summed E-state index contributed by atoms with van der Waals surface area (Å²) < 4.78 is 9.58. The lowest BCUT2D eigenvalue weighted by Crippen LogP contribution is -2.51. The van der Waals surface area contributed by atoms with Crippen LogP contribution >= 0.6 is 11.8 Å². The van der Waals surface area contributed by atoms with E-state index in [1.165, 1.54) is 14.2 Å². The van der Waals surface area contributed by atoms with E-state index in [9.17, 15) is 19.2 Å². The zero-order valence-corrected chi connectivity index (χ0v) is 35.6. The summed E-state index contributed by atoms with van der Waals surface area (Å²) in [5.41, 5.74) is 6.00. The molecule has 5 aromatic rings. The highest BCUT2D eigenvalue weighted by atomic mass is 32.2. The van der Waals surface area contributed by atoms with Gasteiger partial charge >= 0.3 is 12.2 Å². The first-order valence-corrected chi connectivity index (χ1v) is 21.6. The zero-order valence-electron chi connectivity index (χ0n) is 34.8. The van der Waals surface area contributed by atoms with Gasteiger partial charge in [0.15, 0.2) is 0 Å². The minimum absolute atomic E-state index is 0.106. The molecular formula is C45H52N8O6S. The van der Waals surface area contributed by atoms with E-state index in [1.54, 1.807) is 22.9 Å². The number of methoxy groups -OCH3 is 2. The number of alkyl carbamates (subject to hydrolysis) is 2. The summed E-state index contributed by atoms with van der Waals surface area (Å²) in [6, 6.07) is 19.6. The SMILES string of the molecule is COC(=O)NC(C(=O)N1CC2(CC2)CC1c1ncc(-c2ccc3cc(-c4ccc(-c5cnc(C6SCCN6C(=O)C(NC(=O)OC)C(C)C)[nH]5)cc4)ccc3c2)[nH]1)C(C)C. The van der Waals surface area contributed by atoms with Gasteiger partial charge in [0.25, 0.3) is 0 Å². The first-order chi connectivity index (χ1) is 28.9. The molecule has 3 aliphatic rings. The van der Waals surface area contributed by atoms with Crippen LogP contribution in [0.1, 0.15) is 70.0 Å². The first-order valence-electron chi connectivity index (χ1n) is 20.5. The molecule has 14 nitrogen and oxygen atoms in total. The normalized spacial score (nSPS) is 19.2. The molecule has 4 heterocycles. The fourth-order valence-corrected chi connectivity index (χ4v) is 9.64. The molecule has 4 amide bonds. The number of carbonyl (C=O) groups excluding carboxylic acids is 4. The van der Waals surface area contributed by atoms with Crippen molar-refractivity contribution in [1.29, 1.82) is 0 Å². The second-order valence-corrected chi connectivity index (χ2v) is 18.1. The molecule has 4 N–H and O–H groups in total. The van der Waals surface area contributed by atoms with Crippen molar-refractivity contribution in [3.63, 3.8) is 0 Å². The summed E-state index contributed by atoms with van der Waals surface area (Å²) in [5.74, 6) is 1.73. The minimum Gasteiger partial charge on any atom is -0.453 e. The lowest BCUT2D eigenvalue weighted by Gasteiger charge is -2.30. The van der Waals surface area contributed by atoms with Crippen molar-refractivity contribution in [3.05, 3.63) is 84.7 Å². The van der Waals surface area contributed by atoms with Crippen molar-refractivity contribution >= 4 is 46.5 Å². The third-order valence-corrected chi connectivity index (χ3v) is 13.3. The second kappa shape index (κ2) is 16.7. The van der Waals surface area contributed by atoms with Gasteiger partial charge in [0, 0.05) is 24.4 Å². The van der Waals surface area contributed by atoms with Crippen LogP contribution in [0.25, 0.3) is 44.4 Å². The number of aromatic amines is 2. The van der Waals surface area contributed by atoms with Gasteiger partial charge in [-0.1, -0.05) is 76.2 Å². The number of aromatic nitrogens is 4. The Hall–Kier alpha value is -5.83. The van der Waals surface area contributed by atoms with Crippen LogP contribution < -0.4 is 10.6 Å². The van der Waals surface area contributed by atoms with Crippen molar-refractivity contribution in [2.45, 2.75) is 70.5 Å². The van der Waals surface area contributed by atoms with E-state index < -0.39 is 24.3 Å². The molecule has 4 atom stereocenters. The molecular weight excluding hydrogens is 781 g/mol. The lowest BCUT2D eigenvalue weighted by atomic mass is 9.98. The Morgan fingerprint density at radius 2 is 1.23 bits per heavy atom. The van der Waals surface area contributed by atoms with Crippen molar-refractivity contribution in [3.8, 4) is 33.6 Å². The van der Waals surface area contributed by atoms with Gasteiger partial charge < -0.3 is 39.9 Å². The molecule has 314 valence electrons. The van der Waals surface area contributed by atoms with E-state index in [0.29, 0.717) is 18.9 Å². The van der Waals surface area contributed by atoms with E-state index in [4.69, 9.17) is 14.5 Å². The first kappa shape index (κ1) is 40.9. The molecule has 8 rings (SSSR count). The Morgan fingerprint density at radius 3 is 1.83 bits per heavy atom. The van der Waals surface area contributed by atoms with E-state index in [-0.39, 0.29) is 40.5 Å².